The molecule has 0 radical (unpaired) electrons. The van der Waals surface area contributed by atoms with E-state index < -0.39 is 12.1 Å². The highest BCUT2D eigenvalue weighted by atomic mass is 16.6. The van der Waals surface area contributed by atoms with Gasteiger partial charge < -0.3 is 28.9 Å². The second-order valence-corrected chi connectivity index (χ2v) is 11.1. The minimum absolute atomic E-state index is 0.133. The lowest BCUT2D eigenvalue weighted by atomic mass is 9.96. The van der Waals surface area contributed by atoms with Gasteiger partial charge in [-0.3, -0.25) is 4.79 Å². The average Bonchev–Trinajstić information content (AvgIpc) is 3.22. The molecule has 2 amide bonds. The fraction of sp³-hybridized carbons (Fsp3) is 0.484. The average molecular weight is 536 g/mol. The molecule has 0 fully saturated rings. The van der Waals surface area contributed by atoms with Crippen molar-refractivity contribution < 1.29 is 24.2 Å². The van der Waals surface area contributed by atoms with Crippen LogP contribution in [0, 0.1) is 11.8 Å². The fourth-order valence-electron chi connectivity index (χ4n) is 5.22. The van der Waals surface area contributed by atoms with E-state index in [9.17, 15) is 14.7 Å². The number of ether oxygens (including phenoxy) is 2. The van der Waals surface area contributed by atoms with Gasteiger partial charge in [0.2, 0.25) is 0 Å². The van der Waals surface area contributed by atoms with E-state index in [0.29, 0.717) is 32.0 Å². The van der Waals surface area contributed by atoms with Crippen molar-refractivity contribution >= 4 is 22.9 Å². The number of aromatic nitrogens is 1. The minimum atomic E-state index is -0.406. The lowest BCUT2D eigenvalue weighted by Gasteiger charge is -2.35. The van der Waals surface area contributed by atoms with Crippen LogP contribution in [0.2, 0.25) is 0 Å². The van der Waals surface area contributed by atoms with Gasteiger partial charge in [-0.25, -0.2) is 4.79 Å². The zero-order valence-electron chi connectivity index (χ0n) is 23.9. The first-order valence-corrected chi connectivity index (χ1v) is 13.7. The molecule has 8 heteroatoms. The predicted molar refractivity (Wildman–Crippen MR) is 152 cm³/mol. The Morgan fingerprint density at radius 2 is 1.85 bits per heavy atom. The molecule has 4 rings (SSSR count). The normalized spacial score (nSPS) is 18.9. The molecule has 1 aromatic heterocycles. The van der Waals surface area contributed by atoms with E-state index in [1.54, 1.807) is 16.8 Å². The summed E-state index contributed by atoms with van der Waals surface area (Å²) in [5.41, 5.74) is 4.32. The van der Waals surface area contributed by atoms with Gasteiger partial charge in [0.25, 0.3) is 5.91 Å². The Balaban J connectivity index is 1.80. The van der Waals surface area contributed by atoms with Crippen molar-refractivity contribution in [3.63, 3.8) is 0 Å². The van der Waals surface area contributed by atoms with Crippen molar-refractivity contribution in [1.82, 2.24) is 14.4 Å². The summed E-state index contributed by atoms with van der Waals surface area (Å²) in [6, 6.07) is 15.6. The molecular formula is C31H41N3O5. The van der Waals surface area contributed by atoms with Crippen molar-refractivity contribution in [2.24, 2.45) is 18.9 Å². The molecule has 0 unspecified atom stereocenters. The van der Waals surface area contributed by atoms with Crippen LogP contribution < -0.4 is 0 Å². The van der Waals surface area contributed by atoms with Gasteiger partial charge in [0, 0.05) is 43.0 Å². The monoisotopic (exact) mass is 535 g/mol. The second kappa shape index (κ2) is 12.2. The second-order valence-electron chi connectivity index (χ2n) is 11.1. The van der Waals surface area contributed by atoms with Gasteiger partial charge in [0.1, 0.15) is 5.69 Å². The van der Waals surface area contributed by atoms with Gasteiger partial charge in [-0.1, -0.05) is 63.2 Å². The Hall–Kier alpha value is -3.36. The van der Waals surface area contributed by atoms with Crippen LogP contribution in [0.15, 0.2) is 48.5 Å². The number of hydrogen-bond donors (Lipinski definition) is 1. The number of hydrogen-bond acceptors (Lipinski definition) is 5. The number of para-hydroxylation sites is 1. The predicted octanol–water partition coefficient (Wildman–Crippen LogP) is 4.93. The molecule has 210 valence electrons. The van der Waals surface area contributed by atoms with Gasteiger partial charge in [-0.2, -0.15) is 0 Å². The number of rotatable bonds is 6. The van der Waals surface area contributed by atoms with Crippen LogP contribution in [0.5, 0.6) is 0 Å². The SMILES string of the molecule is CC(C)COC(=O)N(C)C[C@H]1OCc2ccccc2-c2c(n(C)c3ccccc23)C(=O)N([C@H](C)CO)C[C@H]1C. The Morgan fingerprint density at radius 3 is 2.56 bits per heavy atom. The van der Waals surface area contributed by atoms with Crippen LogP contribution in [0.3, 0.4) is 0 Å². The zero-order valence-corrected chi connectivity index (χ0v) is 23.9. The Morgan fingerprint density at radius 1 is 1.15 bits per heavy atom. The number of fused-ring (bicyclic) bond motifs is 5. The topological polar surface area (TPSA) is 84.2 Å². The van der Waals surface area contributed by atoms with Crippen molar-refractivity contribution in [3.05, 3.63) is 59.8 Å². The van der Waals surface area contributed by atoms with Crippen LogP contribution in [-0.2, 0) is 23.1 Å². The van der Waals surface area contributed by atoms with E-state index in [1.165, 1.54) is 0 Å². The summed E-state index contributed by atoms with van der Waals surface area (Å²) >= 11 is 0. The molecule has 3 atom stereocenters. The molecule has 1 N–H and O–H groups in total. The van der Waals surface area contributed by atoms with Gasteiger partial charge in [-0.15, -0.1) is 0 Å². The molecule has 0 saturated carbocycles. The molecule has 0 saturated heterocycles. The maximum Gasteiger partial charge on any atom is 0.409 e. The number of aryl methyl sites for hydroxylation is 1. The number of aliphatic hydroxyl groups excluding tert-OH is 1. The summed E-state index contributed by atoms with van der Waals surface area (Å²) in [5.74, 6) is -0.0346. The molecule has 1 aliphatic heterocycles. The summed E-state index contributed by atoms with van der Waals surface area (Å²) in [7, 11) is 3.63. The molecule has 0 aliphatic carbocycles. The van der Waals surface area contributed by atoms with Crippen LogP contribution >= 0.6 is 0 Å². The number of carbonyl (C=O) groups excluding carboxylic acids is 2. The smallest absolute Gasteiger partial charge is 0.409 e. The first kappa shape index (κ1) is 28.6. The summed E-state index contributed by atoms with van der Waals surface area (Å²) in [6.45, 7) is 9.04. The molecular weight excluding hydrogens is 494 g/mol. The molecule has 2 aromatic carbocycles. The van der Waals surface area contributed by atoms with E-state index in [1.807, 2.05) is 87.8 Å². The number of aliphatic hydroxyl groups is 1. The van der Waals surface area contributed by atoms with Gasteiger partial charge in [0.15, 0.2) is 0 Å². The first-order valence-electron chi connectivity index (χ1n) is 13.7. The maximum absolute atomic E-state index is 14.4. The van der Waals surface area contributed by atoms with E-state index in [4.69, 9.17) is 9.47 Å². The van der Waals surface area contributed by atoms with Crippen molar-refractivity contribution in [2.75, 3.05) is 33.4 Å². The molecule has 8 nitrogen and oxygen atoms in total. The van der Waals surface area contributed by atoms with E-state index in [2.05, 4.69) is 0 Å². The summed E-state index contributed by atoms with van der Waals surface area (Å²) in [5, 5.41) is 11.1. The molecule has 0 spiro atoms. The number of likely N-dealkylation sites (N-methyl/N-ethyl adjacent to an activating group) is 1. The summed E-state index contributed by atoms with van der Waals surface area (Å²) in [6.07, 6.45) is -0.765. The van der Waals surface area contributed by atoms with Crippen molar-refractivity contribution in [2.45, 2.75) is 46.4 Å². The molecule has 2 heterocycles. The first-order chi connectivity index (χ1) is 18.6. The van der Waals surface area contributed by atoms with Crippen LogP contribution in [-0.4, -0.2) is 77.0 Å². The molecule has 39 heavy (non-hydrogen) atoms. The standard InChI is InChI=1S/C31H41N3O5/c1-20(2)18-39-31(37)32(5)16-27-21(3)15-34(22(4)17-35)30(36)29-28(24-12-8-7-11-23(24)19-38-27)25-13-9-10-14-26(25)33(29)6/h7-14,20-22,27,35H,15-19H2,1-6H3/t21-,22-,27-/m1/s1. The number of benzene rings is 2. The largest absolute Gasteiger partial charge is 0.449 e. The van der Waals surface area contributed by atoms with E-state index in [-0.39, 0.29) is 30.5 Å². The number of nitrogens with zero attached hydrogens (tertiary/aromatic N) is 3. The van der Waals surface area contributed by atoms with Crippen molar-refractivity contribution in [3.8, 4) is 11.1 Å². The van der Waals surface area contributed by atoms with Crippen molar-refractivity contribution in [1.29, 1.82) is 0 Å². The van der Waals surface area contributed by atoms with Gasteiger partial charge >= 0.3 is 6.09 Å². The Kier molecular flexibility index (Phi) is 8.97. The Bertz CT molecular complexity index is 1320. The third-order valence-corrected chi connectivity index (χ3v) is 7.53. The molecule has 3 aromatic rings. The van der Waals surface area contributed by atoms with E-state index >= 15 is 0 Å². The minimum Gasteiger partial charge on any atom is -0.449 e. The quantitative estimate of drug-likeness (QED) is 0.484. The Labute approximate surface area is 231 Å². The van der Waals surface area contributed by atoms with Crippen LogP contribution in [0.1, 0.15) is 43.7 Å². The third kappa shape index (κ3) is 5.97. The number of carbonyl (C=O) groups is 2. The molecule has 1 aliphatic rings. The highest BCUT2D eigenvalue weighted by Gasteiger charge is 2.34. The highest BCUT2D eigenvalue weighted by molar-refractivity contribution is 6.10. The highest BCUT2D eigenvalue weighted by Crippen LogP contribution is 2.38. The third-order valence-electron chi connectivity index (χ3n) is 7.53. The van der Waals surface area contributed by atoms with Gasteiger partial charge in [0.05, 0.1) is 38.5 Å². The molecule has 0 bridgehead atoms. The van der Waals surface area contributed by atoms with Crippen LogP contribution in [0.4, 0.5) is 4.79 Å². The van der Waals surface area contributed by atoms with Gasteiger partial charge in [-0.05, 0) is 30.0 Å². The fourth-order valence-corrected chi connectivity index (χ4v) is 5.22. The number of amides is 2. The summed E-state index contributed by atoms with van der Waals surface area (Å²) in [4.78, 5) is 30.3. The zero-order chi connectivity index (χ0) is 28.3. The maximum atomic E-state index is 14.4. The lowest BCUT2D eigenvalue weighted by Crippen LogP contribution is -2.48. The van der Waals surface area contributed by atoms with E-state index in [0.717, 1.165) is 27.6 Å². The van der Waals surface area contributed by atoms with Crippen LogP contribution in [0.25, 0.3) is 22.0 Å². The summed E-state index contributed by atoms with van der Waals surface area (Å²) < 4.78 is 13.9. The lowest BCUT2D eigenvalue weighted by molar-refractivity contribution is -0.0235.